The van der Waals surface area contributed by atoms with Gasteiger partial charge in [0.25, 0.3) is 5.56 Å². The quantitative estimate of drug-likeness (QED) is 0.584. The molecule has 7 nitrogen and oxygen atoms in total. The van der Waals surface area contributed by atoms with E-state index in [1.807, 2.05) is 0 Å². The standard InChI is InChI=1S/C10H10N6O/c1-7-9(17)13-10(16-14-7)15-12-6-8-2-4-11-5-3-8/h2-6H,1H3,(H2,13,15,16,17)/b12-6+. The second-order valence-corrected chi connectivity index (χ2v) is 3.24. The lowest BCUT2D eigenvalue weighted by atomic mass is 10.3. The van der Waals surface area contributed by atoms with Crippen molar-refractivity contribution in [2.24, 2.45) is 5.10 Å². The lowest BCUT2D eigenvalue weighted by Gasteiger charge is -1.97. The molecule has 0 aliphatic carbocycles. The summed E-state index contributed by atoms with van der Waals surface area (Å²) in [6.45, 7) is 1.58. The minimum absolute atomic E-state index is 0.200. The number of aromatic amines is 1. The Morgan fingerprint density at radius 2 is 2.12 bits per heavy atom. The highest BCUT2D eigenvalue weighted by Crippen LogP contribution is 1.93. The molecule has 17 heavy (non-hydrogen) atoms. The van der Waals surface area contributed by atoms with Crippen molar-refractivity contribution in [3.63, 3.8) is 0 Å². The Morgan fingerprint density at radius 1 is 1.35 bits per heavy atom. The van der Waals surface area contributed by atoms with Crippen LogP contribution in [0.1, 0.15) is 11.3 Å². The first-order valence-corrected chi connectivity index (χ1v) is 4.88. The van der Waals surface area contributed by atoms with Gasteiger partial charge in [-0.3, -0.25) is 14.8 Å². The molecule has 2 heterocycles. The SMILES string of the molecule is Cc1nnc(N/N=C/c2ccncc2)[nH]c1=O. The Labute approximate surface area is 96.6 Å². The number of H-pyrrole nitrogens is 1. The molecule has 7 heteroatoms. The fraction of sp³-hybridized carbons (Fsp3) is 0.100. The van der Waals surface area contributed by atoms with Gasteiger partial charge in [-0.25, -0.2) is 5.43 Å². The molecular weight excluding hydrogens is 220 g/mol. The minimum Gasteiger partial charge on any atom is -0.288 e. The van der Waals surface area contributed by atoms with Crippen molar-refractivity contribution in [2.45, 2.75) is 6.92 Å². The summed E-state index contributed by atoms with van der Waals surface area (Å²) in [5, 5.41) is 11.3. The zero-order chi connectivity index (χ0) is 12.1. The van der Waals surface area contributed by atoms with Crippen LogP contribution in [-0.2, 0) is 0 Å². The van der Waals surface area contributed by atoms with Crippen LogP contribution < -0.4 is 11.0 Å². The van der Waals surface area contributed by atoms with Crippen LogP contribution in [0.15, 0.2) is 34.4 Å². The summed E-state index contributed by atoms with van der Waals surface area (Å²) >= 11 is 0. The largest absolute Gasteiger partial charge is 0.288 e. The van der Waals surface area contributed by atoms with E-state index in [0.29, 0.717) is 5.69 Å². The van der Waals surface area contributed by atoms with Gasteiger partial charge in [0.1, 0.15) is 5.69 Å². The van der Waals surface area contributed by atoms with E-state index >= 15 is 0 Å². The minimum atomic E-state index is -0.290. The van der Waals surface area contributed by atoms with Gasteiger partial charge in [0.2, 0.25) is 5.95 Å². The van der Waals surface area contributed by atoms with Gasteiger partial charge in [0.05, 0.1) is 6.21 Å². The summed E-state index contributed by atoms with van der Waals surface area (Å²) < 4.78 is 0. The zero-order valence-electron chi connectivity index (χ0n) is 9.08. The summed E-state index contributed by atoms with van der Waals surface area (Å²) in [7, 11) is 0. The molecule has 0 saturated carbocycles. The first-order chi connectivity index (χ1) is 8.25. The number of hydrazone groups is 1. The molecule has 0 amide bonds. The van der Waals surface area contributed by atoms with E-state index in [0.717, 1.165) is 5.56 Å². The van der Waals surface area contributed by atoms with Gasteiger partial charge in [-0.1, -0.05) is 0 Å². The second kappa shape index (κ2) is 4.97. The van der Waals surface area contributed by atoms with Crippen molar-refractivity contribution in [3.8, 4) is 0 Å². The Kier molecular flexibility index (Phi) is 3.20. The zero-order valence-corrected chi connectivity index (χ0v) is 9.08. The van der Waals surface area contributed by atoms with Gasteiger partial charge in [-0.15, -0.1) is 10.2 Å². The van der Waals surface area contributed by atoms with Crippen LogP contribution in [0.4, 0.5) is 5.95 Å². The van der Waals surface area contributed by atoms with Crippen molar-refractivity contribution in [1.82, 2.24) is 20.2 Å². The molecule has 2 aromatic rings. The predicted octanol–water partition coefficient (Wildman–Crippen LogP) is 0.314. The van der Waals surface area contributed by atoms with Gasteiger partial charge >= 0.3 is 0 Å². The van der Waals surface area contributed by atoms with Crippen LogP contribution in [0.2, 0.25) is 0 Å². The number of anilines is 1. The van der Waals surface area contributed by atoms with E-state index in [2.05, 4.69) is 30.7 Å². The molecule has 0 saturated heterocycles. The number of pyridine rings is 1. The highest BCUT2D eigenvalue weighted by atomic mass is 16.1. The highest BCUT2D eigenvalue weighted by Gasteiger charge is 1.97. The second-order valence-electron chi connectivity index (χ2n) is 3.24. The Morgan fingerprint density at radius 3 is 2.82 bits per heavy atom. The van der Waals surface area contributed by atoms with Gasteiger partial charge in [0.15, 0.2) is 0 Å². The first kappa shape index (κ1) is 10.9. The maximum atomic E-state index is 11.2. The Bertz CT molecular complexity index is 577. The molecule has 86 valence electrons. The molecule has 0 fully saturated rings. The fourth-order valence-corrected chi connectivity index (χ4v) is 1.06. The van der Waals surface area contributed by atoms with E-state index in [1.54, 1.807) is 37.7 Å². The van der Waals surface area contributed by atoms with E-state index in [4.69, 9.17) is 0 Å². The number of nitrogens with zero attached hydrogens (tertiary/aromatic N) is 4. The smallest absolute Gasteiger partial charge is 0.274 e. The first-order valence-electron chi connectivity index (χ1n) is 4.88. The normalized spacial score (nSPS) is 10.6. The summed E-state index contributed by atoms with van der Waals surface area (Å²) in [5.41, 5.74) is 3.49. The third kappa shape index (κ3) is 2.94. The molecule has 0 radical (unpaired) electrons. The van der Waals surface area contributed by atoms with Crippen LogP contribution in [0.5, 0.6) is 0 Å². The molecule has 2 rings (SSSR count). The maximum absolute atomic E-state index is 11.2. The van der Waals surface area contributed by atoms with E-state index in [-0.39, 0.29) is 11.5 Å². The van der Waals surface area contributed by atoms with Gasteiger partial charge in [0, 0.05) is 12.4 Å². The van der Waals surface area contributed by atoms with Crippen LogP contribution in [0, 0.1) is 6.92 Å². The molecule has 0 atom stereocenters. The van der Waals surface area contributed by atoms with Crippen molar-refractivity contribution in [3.05, 3.63) is 46.1 Å². The molecule has 0 aromatic carbocycles. The third-order valence-corrected chi connectivity index (χ3v) is 1.95. The van der Waals surface area contributed by atoms with Crippen LogP contribution >= 0.6 is 0 Å². The van der Waals surface area contributed by atoms with Gasteiger partial charge < -0.3 is 0 Å². The van der Waals surface area contributed by atoms with Gasteiger partial charge in [-0.05, 0) is 24.6 Å². The molecule has 0 aliphatic heterocycles. The average molecular weight is 230 g/mol. The maximum Gasteiger partial charge on any atom is 0.274 e. The van der Waals surface area contributed by atoms with Crippen molar-refractivity contribution in [2.75, 3.05) is 5.43 Å². The fourth-order valence-electron chi connectivity index (χ4n) is 1.06. The van der Waals surface area contributed by atoms with E-state index < -0.39 is 0 Å². The predicted molar refractivity (Wildman–Crippen MR) is 62.8 cm³/mol. The number of hydrogen-bond donors (Lipinski definition) is 2. The van der Waals surface area contributed by atoms with Crippen molar-refractivity contribution < 1.29 is 0 Å². The Balaban J connectivity index is 2.05. The molecule has 2 aromatic heterocycles. The van der Waals surface area contributed by atoms with E-state index in [9.17, 15) is 4.79 Å². The molecule has 0 aliphatic rings. The third-order valence-electron chi connectivity index (χ3n) is 1.95. The highest BCUT2D eigenvalue weighted by molar-refractivity contribution is 5.79. The lowest BCUT2D eigenvalue weighted by molar-refractivity contribution is 0.897. The lowest BCUT2D eigenvalue weighted by Crippen LogP contribution is -2.15. The van der Waals surface area contributed by atoms with Crippen LogP contribution in [-0.4, -0.2) is 26.4 Å². The van der Waals surface area contributed by atoms with Crippen molar-refractivity contribution >= 4 is 12.2 Å². The van der Waals surface area contributed by atoms with Crippen molar-refractivity contribution in [1.29, 1.82) is 0 Å². The summed E-state index contributed by atoms with van der Waals surface area (Å²) in [6, 6.07) is 3.60. The number of rotatable bonds is 3. The summed E-state index contributed by atoms with van der Waals surface area (Å²) in [4.78, 5) is 17.6. The molecule has 0 bridgehead atoms. The number of aromatic nitrogens is 4. The Hall–Kier alpha value is -2.57. The van der Waals surface area contributed by atoms with Crippen LogP contribution in [0.3, 0.4) is 0 Å². The number of hydrogen-bond acceptors (Lipinski definition) is 6. The average Bonchev–Trinajstić information content (AvgIpc) is 2.35. The van der Waals surface area contributed by atoms with Gasteiger partial charge in [-0.2, -0.15) is 5.10 Å². The van der Waals surface area contributed by atoms with E-state index in [1.165, 1.54) is 0 Å². The summed E-state index contributed by atoms with van der Waals surface area (Å²) in [6.07, 6.45) is 4.91. The monoisotopic (exact) mass is 230 g/mol. The van der Waals surface area contributed by atoms with Crippen LogP contribution in [0.25, 0.3) is 0 Å². The molecule has 0 spiro atoms. The number of aryl methyl sites for hydroxylation is 1. The molecular formula is C10H10N6O. The topological polar surface area (TPSA) is 95.9 Å². The summed E-state index contributed by atoms with van der Waals surface area (Å²) in [5.74, 6) is 0.200. The molecule has 2 N–H and O–H groups in total. The number of nitrogens with one attached hydrogen (secondary N) is 2. The molecule has 0 unspecified atom stereocenters.